The highest BCUT2D eigenvalue weighted by atomic mass is 16.2. The first-order valence-electron chi connectivity index (χ1n) is 9.76. The van der Waals surface area contributed by atoms with E-state index in [0.29, 0.717) is 11.5 Å². The van der Waals surface area contributed by atoms with Gasteiger partial charge in [0.2, 0.25) is 0 Å². The number of pyridine rings is 2. The van der Waals surface area contributed by atoms with Crippen LogP contribution in [0.1, 0.15) is 34.5 Å². The largest absolute Gasteiger partial charge is 0.339 e. The van der Waals surface area contributed by atoms with E-state index in [4.69, 9.17) is 0 Å². The Balaban J connectivity index is 1.43. The predicted octanol–water partition coefficient (Wildman–Crippen LogP) is 3.51. The van der Waals surface area contributed by atoms with Crippen molar-refractivity contribution in [2.24, 2.45) is 5.92 Å². The van der Waals surface area contributed by atoms with Crippen LogP contribution < -0.4 is 0 Å². The Morgan fingerprint density at radius 3 is 2.57 bits per heavy atom. The van der Waals surface area contributed by atoms with Gasteiger partial charge >= 0.3 is 0 Å². The molecule has 6 heteroatoms. The van der Waals surface area contributed by atoms with Gasteiger partial charge in [0.05, 0.1) is 5.56 Å². The van der Waals surface area contributed by atoms with E-state index in [9.17, 15) is 4.79 Å². The monoisotopic (exact) mass is 375 g/mol. The summed E-state index contributed by atoms with van der Waals surface area (Å²) < 4.78 is 2.28. The molecule has 0 radical (unpaired) electrons. The molecule has 0 bridgehead atoms. The summed E-state index contributed by atoms with van der Waals surface area (Å²) in [7, 11) is 0. The van der Waals surface area contributed by atoms with Gasteiger partial charge in [-0.25, -0.2) is 4.98 Å². The average molecular weight is 375 g/mol. The minimum atomic E-state index is 0.0962. The lowest BCUT2D eigenvalue weighted by Gasteiger charge is -2.33. The number of hydrogen-bond donors (Lipinski definition) is 0. The molecule has 4 heterocycles. The third-order valence-electron chi connectivity index (χ3n) is 5.59. The maximum atomic E-state index is 12.8. The van der Waals surface area contributed by atoms with Gasteiger partial charge in [-0.15, -0.1) is 0 Å². The minimum absolute atomic E-state index is 0.0962. The first-order chi connectivity index (χ1) is 13.6. The van der Waals surface area contributed by atoms with E-state index >= 15 is 0 Å². The zero-order valence-electron chi connectivity index (χ0n) is 16.4. The normalized spacial score (nSPS) is 15.0. The van der Waals surface area contributed by atoms with Gasteiger partial charge in [-0.1, -0.05) is 0 Å². The number of rotatable bonds is 4. The van der Waals surface area contributed by atoms with Crippen LogP contribution in [-0.4, -0.2) is 43.4 Å². The Hall–Kier alpha value is -3.02. The summed E-state index contributed by atoms with van der Waals surface area (Å²) in [6.07, 6.45) is 11.0. The standard InChI is InChI=1S/C22H25N5O/c1-16-5-9-24-14-20(16)22(28)26-10-6-18(7-11-26)15-27-17(2)12-25-21(27)19-4-3-8-23-13-19/h3-5,8-9,12-14,18H,6-7,10-11,15H2,1-2H3. The molecule has 0 atom stereocenters. The molecule has 6 nitrogen and oxygen atoms in total. The lowest BCUT2D eigenvalue weighted by atomic mass is 9.95. The molecule has 0 aromatic carbocycles. The van der Waals surface area contributed by atoms with Crippen LogP contribution in [0.3, 0.4) is 0 Å². The zero-order chi connectivity index (χ0) is 19.5. The van der Waals surface area contributed by atoms with Gasteiger partial charge in [0.15, 0.2) is 0 Å². The number of hydrogen-bond acceptors (Lipinski definition) is 4. The van der Waals surface area contributed by atoms with E-state index in [1.165, 1.54) is 0 Å². The summed E-state index contributed by atoms with van der Waals surface area (Å²) >= 11 is 0. The van der Waals surface area contributed by atoms with Crippen molar-refractivity contribution in [3.63, 3.8) is 0 Å². The van der Waals surface area contributed by atoms with Crippen molar-refractivity contribution >= 4 is 5.91 Å². The van der Waals surface area contributed by atoms with Gasteiger partial charge in [0.25, 0.3) is 5.91 Å². The topological polar surface area (TPSA) is 63.9 Å². The lowest BCUT2D eigenvalue weighted by molar-refractivity contribution is 0.0681. The fraction of sp³-hybridized carbons (Fsp3) is 0.364. The molecule has 3 aromatic heterocycles. The Labute approximate surface area is 165 Å². The molecule has 1 aliphatic heterocycles. The predicted molar refractivity (Wildman–Crippen MR) is 108 cm³/mol. The number of nitrogens with zero attached hydrogens (tertiary/aromatic N) is 5. The highest BCUT2D eigenvalue weighted by Gasteiger charge is 2.25. The fourth-order valence-electron chi connectivity index (χ4n) is 3.85. The zero-order valence-corrected chi connectivity index (χ0v) is 16.4. The van der Waals surface area contributed by atoms with Crippen LogP contribution in [0.25, 0.3) is 11.4 Å². The van der Waals surface area contributed by atoms with Crippen molar-refractivity contribution in [3.8, 4) is 11.4 Å². The SMILES string of the molecule is Cc1ccncc1C(=O)N1CCC(Cn2c(C)cnc2-c2cccnc2)CC1. The number of aryl methyl sites for hydroxylation is 2. The van der Waals surface area contributed by atoms with Gasteiger partial charge < -0.3 is 9.47 Å². The molecular formula is C22H25N5O. The van der Waals surface area contributed by atoms with E-state index in [2.05, 4.69) is 26.4 Å². The molecule has 0 aliphatic carbocycles. The molecule has 1 amide bonds. The van der Waals surface area contributed by atoms with E-state index in [1.54, 1.807) is 18.6 Å². The van der Waals surface area contributed by atoms with Gasteiger partial charge in [-0.2, -0.15) is 0 Å². The Kier molecular flexibility index (Phi) is 5.19. The minimum Gasteiger partial charge on any atom is -0.339 e. The van der Waals surface area contributed by atoms with E-state index in [1.807, 2.05) is 42.4 Å². The van der Waals surface area contributed by atoms with Crippen molar-refractivity contribution in [2.45, 2.75) is 33.2 Å². The number of carbonyl (C=O) groups is 1. The number of carbonyl (C=O) groups excluding carboxylic acids is 1. The molecule has 0 spiro atoms. The molecule has 0 N–H and O–H groups in total. The van der Waals surface area contributed by atoms with Crippen LogP contribution >= 0.6 is 0 Å². The maximum absolute atomic E-state index is 12.8. The number of aromatic nitrogens is 4. The van der Waals surface area contributed by atoms with E-state index in [0.717, 1.165) is 55.1 Å². The smallest absolute Gasteiger partial charge is 0.255 e. The first kappa shape index (κ1) is 18.3. The first-order valence-corrected chi connectivity index (χ1v) is 9.76. The van der Waals surface area contributed by atoms with Crippen molar-refractivity contribution in [3.05, 3.63) is 66.0 Å². The molecule has 1 saturated heterocycles. The van der Waals surface area contributed by atoms with Crippen LogP contribution in [-0.2, 0) is 6.54 Å². The fourth-order valence-corrected chi connectivity index (χ4v) is 3.85. The van der Waals surface area contributed by atoms with Gasteiger partial charge in [0, 0.05) is 61.9 Å². The van der Waals surface area contributed by atoms with E-state index < -0.39 is 0 Å². The molecule has 144 valence electrons. The Morgan fingerprint density at radius 1 is 1.07 bits per heavy atom. The quantitative estimate of drug-likeness (QED) is 0.700. The van der Waals surface area contributed by atoms with Crippen LogP contribution in [0.4, 0.5) is 0 Å². The van der Waals surface area contributed by atoms with Crippen LogP contribution in [0.5, 0.6) is 0 Å². The van der Waals surface area contributed by atoms with Crippen molar-refractivity contribution in [2.75, 3.05) is 13.1 Å². The summed E-state index contributed by atoms with van der Waals surface area (Å²) in [6.45, 7) is 6.55. The summed E-state index contributed by atoms with van der Waals surface area (Å²) in [5.74, 6) is 1.59. The molecule has 1 fully saturated rings. The number of amides is 1. The second-order valence-electron chi connectivity index (χ2n) is 7.50. The van der Waals surface area contributed by atoms with Crippen molar-refractivity contribution in [1.29, 1.82) is 0 Å². The van der Waals surface area contributed by atoms with Crippen LogP contribution in [0.15, 0.2) is 49.2 Å². The highest BCUT2D eigenvalue weighted by Crippen LogP contribution is 2.25. The highest BCUT2D eigenvalue weighted by molar-refractivity contribution is 5.95. The Morgan fingerprint density at radius 2 is 1.86 bits per heavy atom. The molecule has 0 saturated carbocycles. The average Bonchev–Trinajstić information content (AvgIpc) is 3.09. The van der Waals surface area contributed by atoms with E-state index in [-0.39, 0.29) is 5.91 Å². The second-order valence-corrected chi connectivity index (χ2v) is 7.50. The third-order valence-corrected chi connectivity index (χ3v) is 5.59. The summed E-state index contributed by atoms with van der Waals surface area (Å²) in [5.41, 5.74) is 3.89. The van der Waals surface area contributed by atoms with Crippen molar-refractivity contribution in [1.82, 2.24) is 24.4 Å². The van der Waals surface area contributed by atoms with Gasteiger partial charge in [0.1, 0.15) is 5.82 Å². The maximum Gasteiger partial charge on any atom is 0.255 e. The van der Waals surface area contributed by atoms with Crippen LogP contribution in [0, 0.1) is 19.8 Å². The third kappa shape index (κ3) is 3.67. The molecule has 1 aliphatic rings. The number of likely N-dealkylation sites (tertiary alicyclic amines) is 1. The van der Waals surface area contributed by atoms with Gasteiger partial charge in [-0.05, 0) is 56.4 Å². The summed E-state index contributed by atoms with van der Waals surface area (Å²) in [6, 6.07) is 5.87. The number of imidazole rings is 1. The summed E-state index contributed by atoms with van der Waals surface area (Å²) in [5, 5.41) is 0. The second kappa shape index (κ2) is 7.92. The molecule has 28 heavy (non-hydrogen) atoms. The molecular weight excluding hydrogens is 350 g/mol. The number of piperidine rings is 1. The molecule has 3 aromatic rings. The van der Waals surface area contributed by atoms with Crippen LogP contribution in [0.2, 0.25) is 0 Å². The van der Waals surface area contributed by atoms with Crippen molar-refractivity contribution < 1.29 is 4.79 Å². The Bertz CT molecular complexity index is 958. The summed E-state index contributed by atoms with van der Waals surface area (Å²) in [4.78, 5) is 27.7. The lowest BCUT2D eigenvalue weighted by Crippen LogP contribution is -2.39. The molecule has 0 unspecified atom stereocenters. The van der Waals surface area contributed by atoms with Gasteiger partial charge in [-0.3, -0.25) is 14.8 Å². The molecule has 4 rings (SSSR count).